The van der Waals surface area contributed by atoms with Gasteiger partial charge in [0.25, 0.3) is 0 Å². The molecule has 5 heteroatoms. The van der Waals surface area contributed by atoms with Gasteiger partial charge in [-0.3, -0.25) is 0 Å². The molecule has 3 aromatic carbocycles. The van der Waals surface area contributed by atoms with E-state index in [-0.39, 0.29) is 11.7 Å². The van der Waals surface area contributed by atoms with E-state index >= 15 is 0 Å². The van der Waals surface area contributed by atoms with Crippen molar-refractivity contribution in [2.45, 2.75) is 25.4 Å². The molecular weight excluding hydrogens is 374 g/mol. The molecule has 1 aliphatic rings. The van der Waals surface area contributed by atoms with Gasteiger partial charge < -0.3 is 14.2 Å². The topological polar surface area (TPSA) is 27.7 Å². The van der Waals surface area contributed by atoms with E-state index in [1.807, 2.05) is 31.2 Å². The Kier molecular flexibility index (Phi) is 5.60. The molecule has 150 valence electrons. The summed E-state index contributed by atoms with van der Waals surface area (Å²) in [6, 6.07) is 20.3. The average Bonchev–Trinajstić information content (AvgIpc) is 2.75. The van der Waals surface area contributed by atoms with Crippen LogP contribution in [-0.2, 0) is 9.47 Å². The minimum absolute atomic E-state index is 0.205. The monoisotopic (exact) mass is 396 g/mol. The molecule has 0 N–H and O–H groups in total. The van der Waals surface area contributed by atoms with E-state index in [0.717, 1.165) is 11.3 Å². The van der Waals surface area contributed by atoms with Crippen LogP contribution in [0.15, 0.2) is 72.8 Å². The summed E-state index contributed by atoms with van der Waals surface area (Å²) in [5, 5.41) is 0. The second-order valence-corrected chi connectivity index (χ2v) is 7.12. The van der Waals surface area contributed by atoms with Crippen LogP contribution in [0.2, 0.25) is 0 Å². The van der Waals surface area contributed by atoms with E-state index in [4.69, 9.17) is 14.2 Å². The Bertz CT molecular complexity index is 974. The van der Waals surface area contributed by atoms with Gasteiger partial charge in [-0.25, -0.2) is 8.78 Å². The minimum atomic E-state index is -0.955. The molecule has 1 heterocycles. The second-order valence-electron chi connectivity index (χ2n) is 7.12. The highest BCUT2D eigenvalue weighted by Gasteiger charge is 2.40. The lowest BCUT2D eigenvalue weighted by Gasteiger charge is -2.41. The van der Waals surface area contributed by atoms with Crippen LogP contribution >= 0.6 is 0 Å². The number of methoxy groups -OCH3 is 1. The van der Waals surface area contributed by atoms with E-state index in [0.29, 0.717) is 11.1 Å². The van der Waals surface area contributed by atoms with Crippen molar-refractivity contribution >= 4 is 0 Å². The molecule has 0 aliphatic carbocycles. The van der Waals surface area contributed by atoms with Crippen molar-refractivity contribution in [3.05, 3.63) is 101 Å². The summed E-state index contributed by atoms with van der Waals surface area (Å²) in [6.45, 7) is 1.95. The van der Waals surface area contributed by atoms with Gasteiger partial charge in [0, 0.05) is 17.0 Å². The maximum Gasteiger partial charge on any atom is 0.188 e. The van der Waals surface area contributed by atoms with Gasteiger partial charge >= 0.3 is 0 Å². The summed E-state index contributed by atoms with van der Waals surface area (Å²) >= 11 is 0. The lowest BCUT2D eigenvalue weighted by Crippen LogP contribution is -2.32. The predicted molar refractivity (Wildman–Crippen MR) is 105 cm³/mol. The first-order valence-corrected chi connectivity index (χ1v) is 9.52. The van der Waals surface area contributed by atoms with Crippen LogP contribution in [-0.4, -0.2) is 7.11 Å². The summed E-state index contributed by atoms with van der Waals surface area (Å²) in [6.07, 6.45) is -1.96. The molecule has 3 nitrogen and oxygen atoms in total. The molecule has 0 saturated carbocycles. The molecule has 1 saturated heterocycles. The highest BCUT2D eigenvalue weighted by atomic mass is 19.1. The fraction of sp³-hybridized carbons (Fsp3) is 0.250. The molecule has 0 bridgehead atoms. The Morgan fingerprint density at radius 1 is 0.724 bits per heavy atom. The van der Waals surface area contributed by atoms with Crippen molar-refractivity contribution in [3.63, 3.8) is 0 Å². The SMILES string of the molecule is COc1ccc([C@@H]2O[C@H](c3ccccc3F)O[C@H](c3ccccc3F)[C@H]2C)cc1. The molecule has 0 amide bonds. The van der Waals surface area contributed by atoms with E-state index in [9.17, 15) is 8.78 Å². The summed E-state index contributed by atoms with van der Waals surface area (Å²) < 4.78 is 46.6. The van der Waals surface area contributed by atoms with Gasteiger partial charge in [0.1, 0.15) is 17.4 Å². The van der Waals surface area contributed by atoms with Crippen molar-refractivity contribution < 1.29 is 23.0 Å². The summed E-state index contributed by atoms with van der Waals surface area (Å²) in [4.78, 5) is 0. The van der Waals surface area contributed by atoms with Crippen LogP contribution in [0.3, 0.4) is 0 Å². The van der Waals surface area contributed by atoms with Crippen molar-refractivity contribution in [2.24, 2.45) is 5.92 Å². The van der Waals surface area contributed by atoms with E-state index in [2.05, 4.69) is 0 Å². The number of benzene rings is 3. The van der Waals surface area contributed by atoms with Crippen LogP contribution in [0, 0.1) is 17.6 Å². The number of halogens is 2. The predicted octanol–water partition coefficient (Wildman–Crippen LogP) is 6.14. The average molecular weight is 396 g/mol. The maximum atomic E-state index is 14.6. The number of rotatable bonds is 4. The summed E-state index contributed by atoms with van der Waals surface area (Å²) in [7, 11) is 1.60. The first-order valence-electron chi connectivity index (χ1n) is 9.52. The molecular formula is C24H22F2O3. The summed E-state index contributed by atoms with van der Waals surface area (Å²) in [5.74, 6) is -0.257. The van der Waals surface area contributed by atoms with Crippen molar-refractivity contribution in [1.29, 1.82) is 0 Å². The van der Waals surface area contributed by atoms with Gasteiger partial charge in [-0.1, -0.05) is 55.5 Å². The molecule has 0 aromatic heterocycles. The Balaban J connectivity index is 1.75. The first kappa shape index (κ1) is 19.6. The zero-order valence-electron chi connectivity index (χ0n) is 16.2. The first-order chi connectivity index (χ1) is 14.1. The van der Waals surface area contributed by atoms with E-state index in [1.165, 1.54) is 12.1 Å². The standard InChI is InChI=1S/C24H22F2O3/c1-15-22(16-11-13-17(27-2)14-12-16)28-24(19-8-4-6-10-21(19)26)29-23(15)18-7-3-5-9-20(18)25/h3-15,22-24H,1-2H3/t15-,22+,23-,24-/m0/s1. The van der Waals surface area contributed by atoms with Gasteiger partial charge in [-0.05, 0) is 29.8 Å². The third-order valence-electron chi connectivity index (χ3n) is 5.31. The lowest BCUT2D eigenvalue weighted by molar-refractivity contribution is -0.278. The van der Waals surface area contributed by atoms with Crippen molar-refractivity contribution in [3.8, 4) is 5.75 Å². The van der Waals surface area contributed by atoms with Crippen LogP contribution in [0.4, 0.5) is 8.78 Å². The molecule has 0 unspecified atom stereocenters. The minimum Gasteiger partial charge on any atom is -0.497 e. The van der Waals surface area contributed by atoms with Gasteiger partial charge in [0.2, 0.25) is 0 Å². The van der Waals surface area contributed by atoms with Gasteiger partial charge in [0.15, 0.2) is 6.29 Å². The highest BCUT2D eigenvalue weighted by molar-refractivity contribution is 5.31. The fourth-order valence-corrected chi connectivity index (χ4v) is 3.76. The van der Waals surface area contributed by atoms with Gasteiger partial charge in [-0.2, -0.15) is 0 Å². The Labute approximate surface area is 168 Å². The van der Waals surface area contributed by atoms with Gasteiger partial charge in [0.05, 0.1) is 19.3 Å². The zero-order valence-corrected chi connectivity index (χ0v) is 16.2. The molecule has 4 rings (SSSR count). The highest BCUT2D eigenvalue weighted by Crippen LogP contribution is 2.48. The quantitative estimate of drug-likeness (QED) is 0.530. The Morgan fingerprint density at radius 2 is 1.28 bits per heavy atom. The summed E-state index contributed by atoms with van der Waals surface area (Å²) in [5.41, 5.74) is 1.62. The largest absolute Gasteiger partial charge is 0.497 e. The number of hydrogen-bond donors (Lipinski definition) is 0. The fourth-order valence-electron chi connectivity index (χ4n) is 3.76. The van der Waals surface area contributed by atoms with Crippen LogP contribution in [0.5, 0.6) is 5.75 Å². The second kappa shape index (κ2) is 8.31. The number of ether oxygens (including phenoxy) is 3. The van der Waals surface area contributed by atoms with Crippen molar-refractivity contribution in [1.82, 2.24) is 0 Å². The smallest absolute Gasteiger partial charge is 0.188 e. The molecule has 0 radical (unpaired) electrons. The molecule has 1 aliphatic heterocycles. The Hall–Kier alpha value is -2.76. The Morgan fingerprint density at radius 3 is 1.86 bits per heavy atom. The normalized spacial score (nSPS) is 24.3. The molecule has 29 heavy (non-hydrogen) atoms. The third kappa shape index (κ3) is 3.88. The van der Waals surface area contributed by atoms with Crippen LogP contribution in [0.25, 0.3) is 0 Å². The number of hydrogen-bond acceptors (Lipinski definition) is 3. The molecule has 3 aromatic rings. The van der Waals surface area contributed by atoms with Crippen molar-refractivity contribution in [2.75, 3.05) is 7.11 Å². The lowest BCUT2D eigenvalue weighted by atomic mass is 9.87. The third-order valence-corrected chi connectivity index (χ3v) is 5.31. The zero-order chi connectivity index (χ0) is 20.4. The van der Waals surface area contributed by atoms with E-state index < -0.39 is 24.3 Å². The van der Waals surface area contributed by atoms with Gasteiger partial charge in [-0.15, -0.1) is 0 Å². The van der Waals surface area contributed by atoms with E-state index in [1.54, 1.807) is 43.5 Å². The van der Waals surface area contributed by atoms with Crippen LogP contribution < -0.4 is 4.74 Å². The molecule has 1 fully saturated rings. The molecule has 0 spiro atoms. The van der Waals surface area contributed by atoms with Crippen LogP contribution in [0.1, 0.15) is 42.1 Å². The maximum absolute atomic E-state index is 14.6. The molecule has 4 atom stereocenters.